The van der Waals surface area contributed by atoms with E-state index in [0.29, 0.717) is 35.6 Å². The number of benzene rings is 2. The molecule has 1 fully saturated rings. The summed E-state index contributed by atoms with van der Waals surface area (Å²) >= 11 is 0. The molecular formula is C28H26F3N7O. The lowest BCUT2D eigenvalue weighted by atomic mass is 10.0. The summed E-state index contributed by atoms with van der Waals surface area (Å²) in [5.41, 5.74) is 2.62. The van der Waals surface area contributed by atoms with Gasteiger partial charge in [-0.25, -0.2) is 15.0 Å². The topological polar surface area (TPSA) is 90.0 Å². The molecule has 0 spiro atoms. The van der Waals surface area contributed by atoms with Crippen LogP contribution in [-0.4, -0.2) is 68.9 Å². The number of halogens is 3. The molecule has 1 saturated heterocycles. The number of aromatic amines is 1. The number of H-pyrrole nitrogens is 1. The van der Waals surface area contributed by atoms with Crippen molar-refractivity contribution in [2.45, 2.75) is 19.6 Å². The van der Waals surface area contributed by atoms with E-state index in [1.165, 1.54) is 24.7 Å². The van der Waals surface area contributed by atoms with Gasteiger partial charge in [0.05, 0.1) is 18.1 Å². The number of likely N-dealkylation sites (N-methyl/N-ethyl adjacent to an activating group) is 1. The number of piperazine rings is 1. The molecule has 2 aromatic carbocycles. The van der Waals surface area contributed by atoms with E-state index in [0.717, 1.165) is 24.7 Å². The minimum absolute atomic E-state index is 0.0743. The highest BCUT2D eigenvalue weighted by Crippen LogP contribution is 2.34. The fourth-order valence-corrected chi connectivity index (χ4v) is 4.32. The molecule has 0 unspecified atom stereocenters. The van der Waals surface area contributed by atoms with Crippen LogP contribution in [0, 0.1) is 18.8 Å². The van der Waals surface area contributed by atoms with Crippen molar-refractivity contribution in [1.29, 1.82) is 0 Å². The first-order valence-corrected chi connectivity index (χ1v) is 12.4. The van der Waals surface area contributed by atoms with Crippen LogP contribution in [0.4, 0.5) is 18.9 Å². The van der Waals surface area contributed by atoms with E-state index in [9.17, 15) is 18.0 Å². The van der Waals surface area contributed by atoms with Crippen molar-refractivity contribution >= 4 is 22.9 Å². The summed E-state index contributed by atoms with van der Waals surface area (Å²) in [6.45, 7) is 5.08. The Balaban J connectivity index is 1.34. The van der Waals surface area contributed by atoms with Crippen molar-refractivity contribution in [3.8, 4) is 11.8 Å². The third kappa shape index (κ3) is 6.25. The van der Waals surface area contributed by atoms with Crippen LogP contribution in [0.2, 0.25) is 0 Å². The minimum Gasteiger partial charge on any atom is -0.328 e. The van der Waals surface area contributed by atoms with Crippen molar-refractivity contribution in [2.24, 2.45) is 0 Å². The van der Waals surface area contributed by atoms with Gasteiger partial charge >= 0.3 is 6.18 Å². The average Bonchev–Trinajstić information content (AvgIpc) is 3.38. The molecular weight excluding hydrogens is 507 g/mol. The number of rotatable bonds is 4. The number of fused-ring (bicyclic) bond motifs is 1. The zero-order valence-electron chi connectivity index (χ0n) is 21.4. The van der Waals surface area contributed by atoms with Crippen molar-refractivity contribution in [1.82, 2.24) is 29.7 Å². The van der Waals surface area contributed by atoms with Crippen LogP contribution in [0.1, 0.15) is 38.3 Å². The van der Waals surface area contributed by atoms with Crippen molar-refractivity contribution in [3.63, 3.8) is 0 Å². The van der Waals surface area contributed by atoms with Gasteiger partial charge in [0.2, 0.25) is 0 Å². The Morgan fingerprint density at radius 2 is 1.87 bits per heavy atom. The van der Waals surface area contributed by atoms with Crippen LogP contribution in [-0.2, 0) is 12.7 Å². The predicted octanol–water partition coefficient (Wildman–Crippen LogP) is 4.08. The van der Waals surface area contributed by atoms with Crippen molar-refractivity contribution < 1.29 is 18.0 Å². The second kappa shape index (κ2) is 10.8. The smallest absolute Gasteiger partial charge is 0.328 e. The van der Waals surface area contributed by atoms with E-state index >= 15 is 0 Å². The molecule has 1 aliphatic heterocycles. The van der Waals surface area contributed by atoms with E-state index in [4.69, 9.17) is 0 Å². The maximum atomic E-state index is 13.9. The van der Waals surface area contributed by atoms with Gasteiger partial charge in [0.25, 0.3) is 5.91 Å². The Morgan fingerprint density at radius 3 is 2.64 bits per heavy atom. The van der Waals surface area contributed by atoms with Gasteiger partial charge in [-0.2, -0.15) is 13.2 Å². The molecule has 2 aromatic heterocycles. The molecule has 8 nitrogen and oxygen atoms in total. The quantitative estimate of drug-likeness (QED) is 0.385. The number of carbonyl (C=O) groups is 1. The molecule has 0 aliphatic carbocycles. The molecule has 0 bridgehead atoms. The van der Waals surface area contributed by atoms with E-state index in [1.807, 2.05) is 18.9 Å². The number of aryl methyl sites for hydroxylation is 1. The van der Waals surface area contributed by atoms with Gasteiger partial charge in [-0.1, -0.05) is 18.1 Å². The Labute approximate surface area is 223 Å². The highest BCUT2D eigenvalue weighted by atomic mass is 19.4. The summed E-state index contributed by atoms with van der Waals surface area (Å²) in [4.78, 5) is 32.6. The highest BCUT2D eigenvalue weighted by Gasteiger charge is 2.34. The van der Waals surface area contributed by atoms with Crippen LogP contribution in [0.3, 0.4) is 0 Å². The Morgan fingerprint density at radius 1 is 1.08 bits per heavy atom. The summed E-state index contributed by atoms with van der Waals surface area (Å²) in [6, 6.07) is 8.91. The number of carbonyl (C=O) groups excluding carboxylic acids is 1. The number of hydrogen-bond acceptors (Lipinski definition) is 6. The van der Waals surface area contributed by atoms with Gasteiger partial charge in [-0.3, -0.25) is 9.69 Å². The van der Waals surface area contributed by atoms with E-state index in [1.54, 1.807) is 18.2 Å². The van der Waals surface area contributed by atoms with Crippen molar-refractivity contribution in [2.75, 3.05) is 38.5 Å². The van der Waals surface area contributed by atoms with E-state index in [2.05, 4.69) is 42.0 Å². The monoisotopic (exact) mass is 533 g/mol. The summed E-state index contributed by atoms with van der Waals surface area (Å²) in [5, 5.41) is 2.60. The second-order valence-electron chi connectivity index (χ2n) is 9.51. The van der Waals surface area contributed by atoms with Crippen molar-refractivity contribution in [3.05, 3.63) is 82.4 Å². The van der Waals surface area contributed by atoms with Gasteiger partial charge in [-0.05, 0) is 55.3 Å². The maximum absolute atomic E-state index is 13.9. The van der Waals surface area contributed by atoms with Gasteiger partial charge < -0.3 is 15.2 Å². The maximum Gasteiger partial charge on any atom is 0.416 e. The zero-order chi connectivity index (χ0) is 27.6. The summed E-state index contributed by atoms with van der Waals surface area (Å²) in [5.74, 6) is 5.39. The van der Waals surface area contributed by atoms with Crippen LogP contribution in [0.15, 0.2) is 48.9 Å². The molecule has 0 radical (unpaired) electrons. The highest BCUT2D eigenvalue weighted by molar-refractivity contribution is 6.04. The number of anilines is 1. The fraction of sp³-hybridized carbons (Fsp3) is 0.286. The van der Waals surface area contributed by atoms with Crippen LogP contribution in [0.25, 0.3) is 11.3 Å². The number of hydrogen-bond donors (Lipinski definition) is 2. The predicted molar refractivity (Wildman–Crippen MR) is 141 cm³/mol. The molecule has 0 atom stereocenters. The standard InChI is InChI=1S/C28H26F3N7O/c1-18-3-4-20(13-19(18)5-8-23-15-32-25-26(35-23)34-17-33-25)27(39)36-22-7-6-21(24(14-22)28(29,30)31)16-38-11-9-37(2)10-12-38/h3-4,6-7,13-15,17H,9-12,16H2,1-2H3,(H,36,39)(H,32,33,34,35). The average molecular weight is 534 g/mol. The third-order valence-corrected chi connectivity index (χ3v) is 6.63. The molecule has 39 heavy (non-hydrogen) atoms. The first-order chi connectivity index (χ1) is 18.7. The Bertz CT molecular complexity index is 1580. The number of nitrogens with zero attached hydrogens (tertiary/aromatic N) is 5. The first kappa shape index (κ1) is 26.3. The SMILES string of the molecule is Cc1ccc(C(=O)Nc2ccc(CN3CCN(C)CC3)c(C(F)(F)F)c2)cc1C#Cc1cnc2[nH]cnc2n1. The van der Waals surface area contributed by atoms with Gasteiger partial charge in [0.1, 0.15) is 5.69 Å². The molecule has 11 heteroatoms. The number of alkyl halides is 3. The van der Waals surface area contributed by atoms with Gasteiger partial charge in [0, 0.05) is 49.5 Å². The summed E-state index contributed by atoms with van der Waals surface area (Å²) < 4.78 is 41.8. The fourth-order valence-electron chi connectivity index (χ4n) is 4.32. The van der Waals surface area contributed by atoms with Crippen LogP contribution in [0.5, 0.6) is 0 Å². The molecule has 2 N–H and O–H groups in total. The molecule has 4 aromatic rings. The molecule has 1 aliphatic rings. The van der Waals surface area contributed by atoms with E-state index in [-0.39, 0.29) is 23.4 Å². The Kier molecular flexibility index (Phi) is 7.32. The van der Waals surface area contributed by atoms with E-state index < -0.39 is 17.6 Å². The van der Waals surface area contributed by atoms with Gasteiger partial charge in [-0.15, -0.1) is 0 Å². The minimum atomic E-state index is -4.54. The second-order valence-corrected chi connectivity index (χ2v) is 9.51. The number of aromatic nitrogens is 4. The normalized spacial score (nSPS) is 14.7. The molecule has 5 rings (SSSR count). The molecule has 1 amide bonds. The zero-order valence-corrected chi connectivity index (χ0v) is 21.4. The summed E-state index contributed by atoms with van der Waals surface area (Å²) in [6.07, 6.45) is -1.53. The lowest BCUT2D eigenvalue weighted by Crippen LogP contribution is -2.44. The molecule has 200 valence electrons. The van der Waals surface area contributed by atoms with Gasteiger partial charge in [0.15, 0.2) is 11.3 Å². The lowest BCUT2D eigenvalue weighted by molar-refractivity contribution is -0.138. The number of nitrogens with one attached hydrogen (secondary N) is 2. The van der Waals surface area contributed by atoms with Crippen LogP contribution >= 0.6 is 0 Å². The Hall–Kier alpha value is -4.27. The first-order valence-electron chi connectivity index (χ1n) is 12.4. The number of imidazole rings is 1. The molecule has 3 heterocycles. The largest absolute Gasteiger partial charge is 0.416 e. The number of amides is 1. The summed E-state index contributed by atoms with van der Waals surface area (Å²) in [7, 11) is 2.00. The lowest BCUT2D eigenvalue weighted by Gasteiger charge is -2.33. The molecule has 0 saturated carbocycles. The third-order valence-electron chi connectivity index (χ3n) is 6.63. The van der Waals surface area contributed by atoms with Crippen LogP contribution < -0.4 is 5.32 Å².